The van der Waals surface area contributed by atoms with E-state index in [1.165, 1.54) is 16.9 Å². The van der Waals surface area contributed by atoms with Crippen LogP contribution < -0.4 is 15.0 Å². The third kappa shape index (κ3) is 8.78. The Bertz CT molecular complexity index is 1500. The second-order valence-electron chi connectivity index (χ2n) is 11.9. The molecule has 4 rings (SSSR count). The van der Waals surface area contributed by atoms with Crippen LogP contribution in [0.5, 0.6) is 5.75 Å². The Morgan fingerprint density at radius 1 is 1.02 bits per heavy atom. The number of halogens is 3. The highest BCUT2D eigenvalue weighted by Gasteiger charge is 2.40. The number of carbonyl (C=O) groups excluding carboxylic acids is 1. The summed E-state index contributed by atoms with van der Waals surface area (Å²) in [5.74, 6) is -0.853. The van der Waals surface area contributed by atoms with Gasteiger partial charge >= 0.3 is 6.36 Å². The zero-order valence-electron chi connectivity index (χ0n) is 24.9. The number of aryl methyl sites for hydroxylation is 2. The van der Waals surface area contributed by atoms with Gasteiger partial charge in [0.05, 0.1) is 17.1 Å². The van der Waals surface area contributed by atoms with Crippen molar-refractivity contribution < 1.29 is 31.1 Å². The third-order valence-corrected chi connectivity index (χ3v) is 10.1. The maximum Gasteiger partial charge on any atom is 0.573 e. The predicted octanol–water partition coefficient (Wildman–Crippen LogP) is 5.49. The summed E-state index contributed by atoms with van der Waals surface area (Å²) in [6.45, 7) is 11.2. The van der Waals surface area contributed by atoms with Crippen molar-refractivity contribution >= 4 is 32.3 Å². The summed E-state index contributed by atoms with van der Waals surface area (Å²) in [6, 6.07) is 11.1. The number of benzene rings is 2. The minimum Gasteiger partial charge on any atom is -0.406 e. The van der Waals surface area contributed by atoms with Crippen molar-refractivity contribution in [2.24, 2.45) is 5.41 Å². The van der Waals surface area contributed by atoms with E-state index in [1.54, 1.807) is 0 Å². The maximum atomic E-state index is 13.7. The summed E-state index contributed by atoms with van der Waals surface area (Å²) < 4.78 is 70.2. The van der Waals surface area contributed by atoms with Crippen LogP contribution in [0.3, 0.4) is 0 Å². The largest absolute Gasteiger partial charge is 0.573 e. The van der Waals surface area contributed by atoms with E-state index in [-0.39, 0.29) is 35.7 Å². The molecule has 0 amide bonds. The molecule has 0 spiro atoms. The normalized spacial score (nSPS) is 16.8. The van der Waals surface area contributed by atoms with Crippen LogP contribution in [0, 0.1) is 19.3 Å². The third-order valence-electron chi connectivity index (χ3n) is 7.04. The fourth-order valence-electron chi connectivity index (χ4n) is 4.86. The van der Waals surface area contributed by atoms with Crippen LogP contribution in [-0.2, 0) is 27.8 Å². The summed E-state index contributed by atoms with van der Waals surface area (Å²) in [7, 11) is -4.22. The van der Waals surface area contributed by atoms with Crippen molar-refractivity contribution in [3.63, 3.8) is 0 Å². The van der Waals surface area contributed by atoms with Crippen LogP contribution in [-0.4, -0.2) is 62.1 Å². The number of alkyl halides is 3. The van der Waals surface area contributed by atoms with E-state index in [1.807, 2.05) is 30.9 Å². The van der Waals surface area contributed by atoms with Crippen molar-refractivity contribution in [1.29, 1.82) is 0 Å². The minimum atomic E-state index is -4.90. The molecule has 0 bridgehead atoms. The molecular formula is C30H37F3N4O4S2. The number of nitrogens with one attached hydrogen (secondary N) is 1. The smallest absolute Gasteiger partial charge is 0.406 e. The molecule has 1 saturated heterocycles. The Kier molecular flexibility index (Phi) is 9.89. The minimum absolute atomic E-state index is 0.00641. The SMILES string of the molecule is Cc1nc(N2CCN(S(=O)(=O)c3ccc(OC(F)(F)F)cc3)[C@@H](C(=O)CNCc3ccc(CC(C)(C)C)cc3)C2)sc1C. The van der Waals surface area contributed by atoms with Gasteiger partial charge in [-0.25, -0.2) is 13.4 Å². The number of sulfonamides is 1. The first kappa shape index (κ1) is 32.9. The van der Waals surface area contributed by atoms with Crippen LogP contribution in [0.2, 0.25) is 0 Å². The molecule has 3 aromatic rings. The predicted molar refractivity (Wildman–Crippen MR) is 161 cm³/mol. The molecule has 43 heavy (non-hydrogen) atoms. The summed E-state index contributed by atoms with van der Waals surface area (Å²) in [4.78, 5) is 20.9. The second-order valence-corrected chi connectivity index (χ2v) is 14.9. The Balaban J connectivity index is 1.50. The Morgan fingerprint density at radius 2 is 1.65 bits per heavy atom. The van der Waals surface area contributed by atoms with E-state index in [9.17, 15) is 26.4 Å². The van der Waals surface area contributed by atoms with Gasteiger partial charge in [0, 0.05) is 31.1 Å². The lowest BCUT2D eigenvalue weighted by atomic mass is 9.88. The average Bonchev–Trinajstić information content (AvgIpc) is 3.25. The van der Waals surface area contributed by atoms with E-state index < -0.39 is 28.2 Å². The number of ketones is 1. The van der Waals surface area contributed by atoms with Crippen molar-refractivity contribution in [1.82, 2.24) is 14.6 Å². The topological polar surface area (TPSA) is 91.8 Å². The van der Waals surface area contributed by atoms with Crippen LogP contribution in [0.25, 0.3) is 0 Å². The highest BCUT2D eigenvalue weighted by atomic mass is 32.2. The Labute approximate surface area is 254 Å². The summed E-state index contributed by atoms with van der Waals surface area (Å²) in [5.41, 5.74) is 3.26. The molecule has 0 radical (unpaired) electrons. The molecule has 234 valence electrons. The van der Waals surface area contributed by atoms with E-state index >= 15 is 0 Å². The number of anilines is 1. The van der Waals surface area contributed by atoms with Gasteiger partial charge in [-0.05, 0) is 61.1 Å². The average molecular weight is 639 g/mol. The monoisotopic (exact) mass is 638 g/mol. The van der Waals surface area contributed by atoms with Crippen molar-refractivity contribution in [2.75, 3.05) is 31.1 Å². The molecule has 1 aromatic heterocycles. The number of hydrogen-bond donors (Lipinski definition) is 1. The van der Waals surface area contributed by atoms with Gasteiger partial charge in [-0.15, -0.1) is 24.5 Å². The number of Topliss-reactive ketones (excluding diaryl/α,β-unsaturated/α-hetero) is 1. The molecule has 1 aliphatic rings. The van der Waals surface area contributed by atoms with Gasteiger partial charge in [-0.3, -0.25) is 4.79 Å². The number of carbonyl (C=O) groups is 1. The maximum absolute atomic E-state index is 13.7. The summed E-state index contributed by atoms with van der Waals surface area (Å²) >= 11 is 1.48. The first-order valence-corrected chi connectivity index (χ1v) is 16.2. The number of rotatable bonds is 10. The quantitative estimate of drug-likeness (QED) is 0.314. The standard InChI is InChI=1S/C30H37F3N4O4S2/c1-20-21(2)42-28(35-20)36-14-15-37(43(39,40)25-12-10-24(11-13-25)41-30(31,32)33)26(19-36)27(38)18-34-17-23-8-6-22(7-9-23)16-29(3,4)5/h6-13,26,34H,14-19H2,1-5H3/t26-/m1/s1. The van der Waals surface area contributed by atoms with Gasteiger partial charge in [-0.1, -0.05) is 45.0 Å². The molecule has 0 saturated carbocycles. The number of hydrogen-bond acceptors (Lipinski definition) is 8. The van der Waals surface area contributed by atoms with Crippen LogP contribution in [0.15, 0.2) is 53.4 Å². The molecule has 1 atom stereocenters. The lowest BCUT2D eigenvalue weighted by Crippen LogP contribution is -2.59. The molecule has 0 unspecified atom stereocenters. The molecule has 13 heteroatoms. The number of piperazine rings is 1. The van der Waals surface area contributed by atoms with E-state index in [4.69, 9.17) is 0 Å². The number of ether oxygens (including phenoxy) is 1. The Hall–Kier alpha value is -3.00. The highest BCUT2D eigenvalue weighted by Crippen LogP contribution is 2.31. The molecule has 2 heterocycles. The van der Waals surface area contributed by atoms with Crippen LogP contribution >= 0.6 is 11.3 Å². The second kappa shape index (κ2) is 12.9. The first-order chi connectivity index (χ1) is 20.0. The van der Waals surface area contributed by atoms with E-state index in [0.717, 1.165) is 51.1 Å². The van der Waals surface area contributed by atoms with Gasteiger partial charge in [0.25, 0.3) is 0 Å². The number of aromatic nitrogens is 1. The van der Waals surface area contributed by atoms with Gasteiger partial charge in [0.15, 0.2) is 10.9 Å². The molecule has 0 aliphatic carbocycles. The zero-order valence-corrected chi connectivity index (χ0v) is 26.5. The van der Waals surface area contributed by atoms with Gasteiger partial charge in [0.2, 0.25) is 10.0 Å². The lowest BCUT2D eigenvalue weighted by Gasteiger charge is -2.39. The molecular weight excluding hydrogens is 601 g/mol. The molecule has 1 aliphatic heterocycles. The van der Waals surface area contributed by atoms with Crippen molar-refractivity contribution in [3.8, 4) is 5.75 Å². The number of thiazole rings is 1. The molecule has 1 N–H and O–H groups in total. The van der Waals surface area contributed by atoms with E-state index in [0.29, 0.717) is 18.2 Å². The highest BCUT2D eigenvalue weighted by molar-refractivity contribution is 7.89. The van der Waals surface area contributed by atoms with Crippen molar-refractivity contribution in [2.45, 2.75) is 64.9 Å². The molecule has 1 fully saturated rings. The molecule has 8 nitrogen and oxygen atoms in total. The van der Waals surface area contributed by atoms with Crippen molar-refractivity contribution in [3.05, 3.63) is 70.2 Å². The van der Waals surface area contributed by atoms with Gasteiger partial charge < -0.3 is 15.0 Å². The van der Waals surface area contributed by atoms with Gasteiger partial charge in [0.1, 0.15) is 11.8 Å². The fourth-order valence-corrected chi connectivity index (χ4v) is 7.40. The molecule has 2 aromatic carbocycles. The van der Waals surface area contributed by atoms with Gasteiger partial charge in [-0.2, -0.15) is 4.31 Å². The summed E-state index contributed by atoms with van der Waals surface area (Å²) in [5, 5.41) is 3.86. The lowest BCUT2D eigenvalue weighted by molar-refractivity contribution is -0.274. The first-order valence-electron chi connectivity index (χ1n) is 13.9. The number of nitrogens with zero attached hydrogens (tertiary/aromatic N) is 3. The van der Waals surface area contributed by atoms with Crippen LogP contribution in [0.1, 0.15) is 42.5 Å². The zero-order chi connectivity index (χ0) is 31.6. The fraction of sp³-hybridized carbons (Fsp3) is 0.467. The Morgan fingerprint density at radius 3 is 2.21 bits per heavy atom. The van der Waals surface area contributed by atoms with E-state index in [2.05, 4.69) is 47.9 Å². The summed E-state index contributed by atoms with van der Waals surface area (Å²) in [6.07, 6.45) is -3.96. The van der Waals surface area contributed by atoms with Crippen LogP contribution in [0.4, 0.5) is 18.3 Å².